The molecule has 0 spiro atoms. The summed E-state index contributed by atoms with van der Waals surface area (Å²) in [6, 6.07) is 11.1. The minimum atomic E-state index is -0.686. The Bertz CT molecular complexity index is 1060. The summed E-state index contributed by atoms with van der Waals surface area (Å²) in [5.41, 5.74) is 15.4. The largest absolute Gasteiger partial charge is 0.366 e. The number of H-pyrrole nitrogens is 1. The highest BCUT2D eigenvalue weighted by Gasteiger charge is 2.45. The maximum absolute atomic E-state index is 11.8. The van der Waals surface area contributed by atoms with E-state index in [-0.39, 0.29) is 0 Å². The summed E-state index contributed by atoms with van der Waals surface area (Å²) in [5.74, 6) is -0.0811. The summed E-state index contributed by atoms with van der Waals surface area (Å²) in [6.45, 7) is 4.28. The first-order chi connectivity index (χ1) is 14.3. The molecule has 0 aliphatic heterocycles. The lowest BCUT2D eigenvalue weighted by atomic mass is 9.67. The van der Waals surface area contributed by atoms with Gasteiger partial charge >= 0.3 is 0 Å². The molecule has 5 N–H and O–H groups in total. The molecule has 1 aliphatic carbocycles. The molecule has 1 aliphatic rings. The van der Waals surface area contributed by atoms with Crippen LogP contribution in [-0.2, 0) is 18.3 Å². The lowest BCUT2D eigenvalue weighted by Crippen LogP contribution is -2.34. The highest BCUT2D eigenvalue weighted by atomic mass is 16.1. The van der Waals surface area contributed by atoms with Crippen molar-refractivity contribution in [3.63, 3.8) is 0 Å². The van der Waals surface area contributed by atoms with E-state index in [0.29, 0.717) is 35.7 Å². The predicted octanol–water partition coefficient (Wildman–Crippen LogP) is 1.88. The Kier molecular flexibility index (Phi) is 4.85. The molecule has 0 atom stereocenters. The average Bonchev–Trinajstić information content (AvgIpc) is 3.21. The Morgan fingerprint density at radius 1 is 1.00 bits per heavy atom. The molecule has 8 nitrogen and oxygen atoms in total. The molecule has 0 fully saturated rings. The number of hydrogen-bond donors (Lipinski definition) is 3. The summed E-state index contributed by atoms with van der Waals surface area (Å²) in [4.78, 5) is 23.6. The fourth-order valence-electron chi connectivity index (χ4n) is 4.66. The van der Waals surface area contributed by atoms with Crippen LogP contribution >= 0.6 is 0 Å². The van der Waals surface area contributed by atoms with Gasteiger partial charge in [0.05, 0.1) is 5.41 Å². The monoisotopic (exact) mass is 404 g/mol. The number of rotatable bonds is 5. The topological polar surface area (TPSA) is 141 Å². The quantitative estimate of drug-likeness (QED) is 0.595. The van der Waals surface area contributed by atoms with E-state index in [9.17, 15) is 9.59 Å². The number of nitrogens with one attached hydrogen (secondary N) is 1. The van der Waals surface area contributed by atoms with Crippen molar-refractivity contribution in [1.82, 2.24) is 20.6 Å². The SMILES string of the molecule is CC(C)CC1(c2nn[nH]n2)c2ccc(C(N)=O)cc2CCc2cc(C(N)=O)ccc21. The number of nitrogens with zero attached hydrogens (tertiary/aromatic N) is 3. The van der Waals surface area contributed by atoms with Crippen LogP contribution in [0.4, 0.5) is 0 Å². The number of benzene rings is 2. The lowest BCUT2D eigenvalue weighted by molar-refractivity contribution is 0.0991. The molecule has 0 saturated carbocycles. The minimum Gasteiger partial charge on any atom is -0.366 e. The van der Waals surface area contributed by atoms with Gasteiger partial charge in [-0.2, -0.15) is 5.21 Å². The number of tetrazole rings is 1. The molecule has 30 heavy (non-hydrogen) atoms. The van der Waals surface area contributed by atoms with Crippen LogP contribution in [-0.4, -0.2) is 32.4 Å². The van der Waals surface area contributed by atoms with Crippen LogP contribution in [0.5, 0.6) is 0 Å². The van der Waals surface area contributed by atoms with Gasteiger partial charge in [-0.3, -0.25) is 9.59 Å². The van der Waals surface area contributed by atoms with E-state index in [1.165, 1.54) is 0 Å². The second kappa shape index (κ2) is 7.37. The molecule has 0 unspecified atom stereocenters. The van der Waals surface area contributed by atoms with E-state index in [1.807, 2.05) is 24.3 Å². The van der Waals surface area contributed by atoms with Gasteiger partial charge in [-0.25, -0.2) is 0 Å². The Balaban J connectivity index is 2.07. The molecule has 8 heteroatoms. The standard InChI is InChI=1S/C22H24N6O2/c1-12(2)11-22(21-25-27-28-26-21)17-7-5-15(19(23)29)9-13(17)3-4-14-10-16(20(24)30)6-8-18(14)22/h5-10,12H,3-4,11H2,1-2H3,(H2,23,29)(H2,24,30)(H,25,26,27,28). The third kappa shape index (κ3) is 3.14. The Hall–Kier alpha value is -3.55. The number of fused-ring (bicyclic) bond motifs is 2. The van der Waals surface area contributed by atoms with E-state index in [0.717, 1.165) is 28.7 Å². The number of primary amides is 2. The first-order valence-corrected chi connectivity index (χ1v) is 9.93. The molecule has 2 amide bonds. The maximum atomic E-state index is 11.8. The van der Waals surface area contributed by atoms with Crippen molar-refractivity contribution >= 4 is 11.8 Å². The van der Waals surface area contributed by atoms with Crippen LogP contribution in [0.2, 0.25) is 0 Å². The molecular formula is C22H24N6O2. The number of aryl methyl sites for hydroxylation is 2. The molecule has 0 radical (unpaired) electrons. The van der Waals surface area contributed by atoms with Crippen molar-refractivity contribution in [3.8, 4) is 0 Å². The molecule has 0 saturated heterocycles. The first-order valence-electron chi connectivity index (χ1n) is 9.93. The van der Waals surface area contributed by atoms with Gasteiger partial charge in [0, 0.05) is 11.1 Å². The fourth-order valence-corrected chi connectivity index (χ4v) is 4.66. The molecule has 1 aromatic heterocycles. The zero-order valence-electron chi connectivity index (χ0n) is 17.0. The number of hydrogen-bond acceptors (Lipinski definition) is 5. The third-order valence-electron chi connectivity index (χ3n) is 5.80. The van der Waals surface area contributed by atoms with E-state index in [1.54, 1.807) is 12.1 Å². The highest BCUT2D eigenvalue weighted by Crippen LogP contribution is 2.47. The summed E-state index contributed by atoms with van der Waals surface area (Å²) in [7, 11) is 0. The molecule has 1 heterocycles. The van der Waals surface area contributed by atoms with E-state index < -0.39 is 17.2 Å². The van der Waals surface area contributed by atoms with Gasteiger partial charge in [-0.15, -0.1) is 10.2 Å². The van der Waals surface area contributed by atoms with Crippen LogP contribution in [0.15, 0.2) is 36.4 Å². The smallest absolute Gasteiger partial charge is 0.248 e. The molecule has 2 aromatic carbocycles. The minimum absolute atomic E-state index is 0.300. The summed E-state index contributed by atoms with van der Waals surface area (Å²) >= 11 is 0. The Morgan fingerprint density at radius 2 is 1.53 bits per heavy atom. The van der Waals surface area contributed by atoms with Crippen molar-refractivity contribution in [2.75, 3.05) is 0 Å². The van der Waals surface area contributed by atoms with Crippen LogP contribution in [0, 0.1) is 5.92 Å². The van der Waals surface area contributed by atoms with Gasteiger partial charge in [-0.1, -0.05) is 31.2 Å². The summed E-state index contributed by atoms with van der Waals surface area (Å²) < 4.78 is 0. The Morgan fingerprint density at radius 3 is 1.93 bits per heavy atom. The lowest BCUT2D eigenvalue weighted by Gasteiger charge is -2.35. The number of amides is 2. The second-order valence-corrected chi connectivity index (χ2v) is 8.21. The number of aromatic amines is 1. The van der Waals surface area contributed by atoms with Crippen molar-refractivity contribution in [1.29, 1.82) is 0 Å². The summed E-state index contributed by atoms with van der Waals surface area (Å²) in [6.07, 6.45) is 2.09. The van der Waals surface area contributed by atoms with Gasteiger partial charge in [0.2, 0.25) is 11.8 Å². The maximum Gasteiger partial charge on any atom is 0.248 e. The predicted molar refractivity (Wildman–Crippen MR) is 111 cm³/mol. The zero-order chi connectivity index (χ0) is 21.5. The fraction of sp³-hybridized carbons (Fsp3) is 0.318. The molecule has 4 rings (SSSR count). The van der Waals surface area contributed by atoms with Gasteiger partial charge < -0.3 is 11.5 Å². The summed E-state index contributed by atoms with van der Waals surface area (Å²) in [5, 5.41) is 15.2. The van der Waals surface area contributed by atoms with Crippen LogP contribution in [0.3, 0.4) is 0 Å². The molecular weight excluding hydrogens is 380 g/mol. The third-order valence-corrected chi connectivity index (χ3v) is 5.80. The van der Waals surface area contributed by atoms with Crippen LogP contribution < -0.4 is 11.5 Å². The highest BCUT2D eigenvalue weighted by molar-refractivity contribution is 5.94. The molecule has 0 bridgehead atoms. The van der Waals surface area contributed by atoms with Crippen molar-refractivity contribution < 1.29 is 9.59 Å². The van der Waals surface area contributed by atoms with E-state index in [4.69, 9.17) is 11.5 Å². The van der Waals surface area contributed by atoms with E-state index in [2.05, 4.69) is 34.5 Å². The van der Waals surface area contributed by atoms with Crippen molar-refractivity contribution in [3.05, 3.63) is 75.6 Å². The van der Waals surface area contributed by atoms with Crippen LogP contribution in [0.25, 0.3) is 0 Å². The van der Waals surface area contributed by atoms with Crippen molar-refractivity contribution in [2.45, 2.75) is 38.5 Å². The number of carbonyl (C=O) groups is 2. The van der Waals surface area contributed by atoms with Gasteiger partial charge in [0.25, 0.3) is 0 Å². The molecule has 154 valence electrons. The normalized spacial score (nSPS) is 14.6. The van der Waals surface area contributed by atoms with Gasteiger partial charge in [0.15, 0.2) is 5.82 Å². The van der Waals surface area contributed by atoms with E-state index >= 15 is 0 Å². The van der Waals surface area contributed by atoms with Crippen LogP contribution in [0.1, 0.15) is 69.1 Å². The first kappa shape index (κ1) is 19.8. The number of aromatic nitrogens is 4. The zero-order valence-corrected chi connectivity index (χ0v) is 17.0. The van der Waals surface area contributed by atoms with Gasteiger partial charge in [-0.05, 0) is 71.7 Å². The Labute approximate surface area is 174 Å². The average molecular weight is 404 g/mol. The second-order valence-electron chi connectivity index (χ2n) is 8.21. The number of nitrogens with two attached hydrogens (primary N) is 2. The van der Waals surface area contributed by atoms with Gasteiger partial charge in [0.1, 0.15) is 0 Å². The molecule has 3 aromatic rings. The van der Waals surface area contributed by atoms with Crippen molar-refractivity contribution in [2.24, 2.45) is 17.4 Å². The number of carbonyl (C=O) groups excluding carboxylic acids is 2.